The van der Waals surface area contributed by atoms with E-state index in [2.05, 4.69) is 14.9 Å². The summed E-state index contributed by atoms with van der Waals surface area (Å²) in [5.74, 6) is 0.680. The molecule has 6 nitrogen and oxygen atoms in total. The molecule has 132 valence electrons. The normalized spacial score (nSPS) is 27.8. The van der Waals surface area contributed by atoms with E-state index in [1.165, 1.54) is 12.8 Å². The summed E-state index contributed by atoms with van der Waals surface area (Å²) in [5.41, 5.74) is 0.102. The lowest BCUT2D eigenvalue weighted by atomic mass is 9.78. The Kier molecular flexibility index (Phi) is 4.96. The molecule has 1 atom stereocenters. The van der Waals surface area contributed by atoms with Gasteiger partial charge in [0.05, 0.1) is 12.2 Å². The summed E-state index contributed by atoms with van der Waals surface area (Å²) >= 11 is 0. The summed E-state index contributed by atoms with van der Waals surface area (Å²) in [6.45, 7) is 5.59. The molecule has 0 aliphatic carbocycles. The first-order valence-corrected chi connectivity index (χ1v) is 9.19. The molecule has 0 radical (unpaired) electrons. The zero-order chi connectivity index (χ0) is 16.2. The predicted octanol–water partition coefficient (Wildman–Crippen LogP) is 1.91. The van der Waals surface area contributed by atoms with Gasteiger partial charge in [0.1, 0.15) is 0 Å². The number of ether oxygens (including phenoxy) is 3. The molecule has 4 rings (SSSR count). The van der Waals surface area contributed by atoms with Gasteiger partial charge in [0, 0.05) is 51.3 Å². The highest BCUT2D eigenvalue weighted by Gasteiger charge is 2.49. The predicted molar refractivity (Wildman–Crippen MR) is 89.0 cm³/mol. The molecule has 0 saturated carbocycles. The van der Waals surface area contributed by atoms with Crippen LogP contribution in [-0.2, 0) is 9.47 Å². The minimum atomic E-state index is 0.102. The minimum Gasteiger partial charge on any atom is -0.463 e. The van der Waals surface area contributed by atoms with E-state index in [1.54, 1.807) is 18.5 Å². The molecule has 1 aromatic rings. The maximum Gasteiger partial charge on any atom is 0.316 e. The number of aromatic nitrogens is 2. The van der Waals surface area contributed by atoms with Gasteiger partial charge < -0.3 is 14.2 Å². The Morgan fingerprint density at radius 1 is 1.12 bits per heavy atom. The average molecular weight is 333 g/mol. The third kappa shape index (κ3) is 3.71. The van der Waals surface area contributed by atoms with E-state index >= 15 is 0 Å². The van der Waals surface area contributed by atoms with Crippen molar-refractivity contribution in [3.8, 4) is 6.01 Å². The van der Waals surface area contributed by atoms with E-state index in [0.29, 0.717) is 24.6 Å². The number of nitrogens with zero attached hydrogens (tertiary/aromatic N) is 3. The van der Waals surface area contributed by atoms with Crippen molar-refractivity contribution in [2.75, 3.05) is 39.5 Å². The molecule has 0 bridgehead atoms. The van der Waals surface area contributed by atoms with Gasteiger partial charge in [-0.15, -0.1) is 0 Å². The molecule has 1 spiro atoms. The van der Waals surface area contributed by atoms with Crippen LogP contribution in [-0.4, -0.2) is 66.0 Å². The van der Waals surface area contributed by atoms with Crippen molar-refractivity contribution in [1.82, 2.24) is 14.9 Å². The standard InChI is InChI=1S/C18H27N3O3/c1-6-19-17(20-7-1)23-10-2-15-3-11-24-18(12-15)13-21(14-18)16-4-8-22-9-5-16/h1,6-7,15-16H,2-5,8-14H2/t15-/m1/s1. The Bertz CT molecular complexity index is 516. The minimum absolute atomic E-state index is 0.102. The Labute approximate surface area is 143 Å². The second-order valence-electron chi connectivity index (χ2n) is 7.31. The lowest BCUT2D eigenvalue weighted by Gasteiger charge is -2.56. The maximum absolute atomic E-state index is 6.18. The van der Waals surface area contributed by atoms with Crippen molar-refractivity contribution in [3.63, 3.8) is 0 Å². The van der Waals surface area contributed by atoms with Crippen molar-refractivity contribution < 1.29 is 14.2 Å². The van der Waals surface area contributed by atoms with E-state index in [0.717, 1.165) is 52.2 Å². The molecule has 6 heteroatoms. The number of rotatable bonds is 5. The quantitative estimate of drug-likeness (QED) is 0.820. The van der Waals surface area contributed by atoms with Gasteiger partial charge in [0.15, 0.2) is 0 Å². The van der Waals surface area contributed by atoms with Gasteiger partial charge in [0.25, 0.3) is 0 Å². The molecule has 3 aliphatic rings. The number of hydrogen-bond acceptors (Lipinski definition) is 6. The largest absolute Gasteiger partial charge is 0.463 e. The average Bonchev–Trinajstić information content (AvgIpc) is 2.61. The van der Waals surface area contributed by atoms with Crippen LogP contribution in [0.2, 0.25) is 0 Å². The number of hydrogen-bond donors (Lipinski definition) is 0. The fourth-order valence-corrected chi connectivity index (χ4v) is 4.28. The van der Waals surface area contributed by atoms with Gasteiger partial charge >= 0.3 is 6.01 Å². The maximum atomic E-state index is 6.18. The summed E-state index contributed by atoms with van der Waals surface area (Å²) in [6, 6.07) is 2.98. The van der Waals surface area contributed by atoms with Gasteiger partial charge in [-0.05, 0) is 44.1 Å². The van der Waals surface area contributed by atoms with Crippen molar-refractivity contribution in [1.29, 1.82) is 0 Å². The summed E-state index contributed by atoms with van der Waals surface area (Å²) < 4.78 is 17.3. The highest BCUT2D eigenvalue weighted by atomic mass is 16.5. The van der Waals surface area contributed by atoms with Crippen LogP contribution in [0, 0.1) is 5.92 Å². The third-order valence-corrected chi connectivity index (χ3v) is 5.58. The molecule has 3 saturated heterocycles. The Hall–Kier alpha value is -1.24. The van der Waals surface area contributed by atoms with E-state index in [-0.39, 0.29) is 5.60 Å². The van der Waals surface area contributed by atoms with Crippen LogP contribution in [0.15, 0.2) is 18.5 Å². The monoisotopic (exact) mass is 333 g/mol. The molecule has 24 heavy (non-hydrogen) atoms. The van der Waals surface area contributed by atoms with Crippen molar-refractivity contribution in [2.24, 2.45) is 5.92 Å². The molecular weight excluding hydrogens is 306 g/mol. The van der Waals surface area contributed by atoms with Crippen molar-refractivity contribution in [3.05, 3.63) is 18.5 Å². The van der Waals surface area contributed by atoms with Crippen LogP contribution in [0.4, 0.5) is 0 Å². The number of likely N-dealkylation sites (tertiary alicyclic amines) is 1. The van der Waals surface area contributed by atoms with Crippen LogP contribution in [0.25, 0.3) is 0 Å². The van der Waals surface area contributed by atoms with Crippen molar-refractivity contribution in [2.45, 2.75) is 43.7 Å². The fraction of sp³-hybridized carbons (Fsp3) is 0.778. The zero-order valence-corrected chi connectivity index (χ0v) is 14.2. The molecule has 3 fully saturated rings. The van der Waals surface area contributed by atoms with Crippen LogP contribution < -0.4 is 4.74 Å². The van der Waals surface area contributed by atoms with Gasteiger partial charge in [-0.2, -0.15) is 0 Å². The van der Waals surface area contributed by atoms with Gasteiger partial charge in [-0.1, -0.05) is 0 Å². The molecule has 4 heterocycles. The van der Waals surface area contributed by atoms with Crippen LogP contribution in [0.3, 0.4) is 0 Å². The molecule has 1 aromatic heterocycles. The summed E-state index contributed by atoms with van der Waals surface area (Å²) in [6.07, 6.45) is 9.12. The molecule has 0 amide bonds. The first-order valence-electron chi connectivity index (χ1n) is 9.19. The summed E-state index contributed by atoms with van der Waals surface area (Å²) in [7, 11) is 0. The van der Waals surface area contributed by atoms with Gasteiger partial charge in [-0.25, -0.2) is 9.97 Å². The topological polar surface area (TPSA) is 56.7 Å². The smallest absolute Gasteiger partial charge is 0.316 e. The molecule has 0 aromatic carbocycles. The van der Waals surface area contributed by atoms with Gasteiger partial charge in [0.2, 0.25) is 0 Å². The lowest BCUT2D eigenvalue weighted by molar-refractivity contribution is -0.195. The van der Waals surface area contributed by atoms with Crippen LogP contribution in [0.5, 0.6) is 6.01 Å². The summed E-state index contributed by atoms with van der Waals surface area (Å²) in [5, 5.41) is 0. The second kappa shape index (κ2) is 7.33. The molecule has 0 N–H and O–H groups in total. The van der Waals surface area contributed by atoms with E-state index in [4.69, 9.17) is 14.2 Å². The highest BCUT2D eigenvalue weighted by molar-refractivity contribution is 5.03. The Morgan fingerprint density at radius 3 is 2.71 bits per heavy atom. The summed E-state index contributed by atoms with van der Waals surface area (Å²) in [4.78, 5) is 10.8. The first kappa shape index (κ1) is 16.2. The van der Waals surface area contributed by atoms with Crippen molar-refractivity contribution >= 4 is 0 Å². The Morgan fingerprint density at radius 2 is 1.92 bits per heavy atom. The molecular formula is C18H27N3O3. The fourth-order valence-electron chi connectivity index (χ4n) is 4.28. The molecule has 3 aliphatic heterocycles. The Balaban J connectivity index is 1.21. The van der Waals surface area contributed by atoms with Crippen LogP contribution >= 0.6 is 0 Å². The highest BCUT2D eigenvalue weighted by Crippen LogP contribution is 2.40. The zero-order valence-electron chi connectivity index (χ0n) is 14.2. The SMILES string of the molecule is c1cnc(OCC[C@@H]2CCOC3(C2)CN(C2CCOCC2)C3)nc1. The molecule has 0 unspecified atom stereocenters. The van der Waals surface area contributed by atoms with Gasteiger partial charge in [-0.3, -0.25) is 4.90 Å². The van der Waals surface area contributed by atoms with Crippen LogP contribution in [0.1, 0.15) is 32.1 Å². The second-order valence-corrected chi connectivity index (χ2v) is 7.31. The van der Waals surface area contributed by atoms with E-state index < -0.39 is 0 Å². The van der Waals surface area contributed by atoms with E-state index in [1.807, 2.05) is 0 Å². The lowest BCUT2D eigenvalue weighted by Crippen LogP contribution is -2.68. The van der Waals surface area contributed by atoms with E-state index in [9.17, 15) is 0 Å². The first-order chi connectivity index (χ1) is 11.8. The third-order valence-electron chi connectivity index (χ3n) is 5.58.